The molecule has 0 saturated carbocycles. The zero-order valence-corrected chi connectivity index (χ0v) is 17.7. The van der Waals surface area contributed by atoms with Crippen LogP contribution in [0, 0.1) is 6.92 Å². The van der Waals surface area contributed by atoms with Gasteiger partial charge in [-0.1, -0.05) is 31.2 Å². The fraction of sp³-hybridized carbons (Fsp3) is 0.360. The number of ether oxygens (including phenoxy) is 1. The largest absolute Gasteiger partial charge is 0.481 e. The highest BCUT2D eigenvalue weighted by Crippen LogP contribution is 2.30. The van der Waals surface area contributed by atoms with Gasteiger partial charge in [0.05, 0.1) is 0 Å². The van der Waals surface area contributed by atoms with Crippen LogP contribution in [0.15, 0.2) is 54.6 Å². The number of benzene rings is 2. The van der Waals surface area contributed by atoms with Crippen molar-refractivity contribution in [2.45, 2.75) is 45.6 Å². The maximum absolute atomic E-state index is 12.4. The summed E-state index contributed by atoms with van der Waals surface area (Å²) < 4.78 is 5.89. The molecule has 1 unspecified atom stereocenters. The van der Waals surface area contributed by atoms with E-state index in [1.54, 1.807) is 0 Å². The SMILES string of the molecule is CCC1CCCCN1c1ccc2cccc(OCC(=O)Nc3cccc(C)c3)c2n1. The summed E-state index contributed by atoms with van der Waals surface area (Å²) in [4.78, 5) is 19.7. The summed E-state index contributed by atoms with van der Waals surface area (Å²) in [6.45, 7) is 5.22. The Kier molecular flexibility index (Phi) is 6.17. The molecule has 1 N–H and O–H groups in total. The third kappa shape index (κ3) is 4.56. The van der Waals surface area contributed by atoms with Crippen LogP contribution < -0.4 is 15.0 Å². The molecule has 4 rings (SSSR count). The number of piperidine rings is 1. The normalized spacial score (nSPS) is 16.5. The van der Waals surface area contributed by atoms with E-state index in [9.17, 15) is 4.79 Å². The molecule has 156 valence electrons. The molecule has 5 heteroatoms. The lowest BCUT2D eigenvalue weighted by atomic mass is 10.00. The second kappa shape index (κ2) is 9.16. The Labute approximate surface area is 178 Å². The summed E-state index contributed by atoms with van der Waals surface area (Å²) in [6, 6.07) is 18.3. The number of anilines is 2. The summed E-state index contributed by atoms with van der Waals surface area (Å²) in [5, 5.41) is 3.90. The molecule has 2 aromatic carbocycles. The zero-order chi connectivity index (χ0) is 20.9. The lowest BCUT2D eigenvalue weighted by Crippen LogP contribution is -2.39. The van der Waals surface area contributed by atoms with E-state index in [1.807, 2.05) is 49.4 Å². The monoisotopic (exact) mass is 403 g/mol. The number of fused-ring (bicyclic) bond motifs is 1. The van der Waals surface area contributed by atoms with E-state index in [2.05, 4.69) is 29.3 Å². The summed E-state index contributed by atoms with van der Waals surface area (Å²) in [7, 11) is 0. The Bertz CT molecular complexity index is 1030. The molecule has 30 heavy (non-hydrogen) atoms. The molecule has 0 spiro atoms. The number of amides is 1. The van der Waals surface area contributed by atoms with Gasteiger partial charge >= 0.3 is 0 Å². The average molecular weight is 404 g/mol. The van der Waals surface area contributed by atoms with Gasteiger partial charge in [0.2, 0.25) is 0 Å². The minimum absolute atomic E-state index is 0.0553. The number of rotatable bonds is 6. The Morgan fingerprint density at radius 3 is 2.87 bits per heavy atom. The van der Waals surface area contributed by atoms with Crippen molar-refractivity contribution in [1.82, 2.24) is 4.98 Å². The van der Waals surface area contributed by atoms with Gasteiger partial charge in [0.25, 0.3) is 5.91 Å². The lowest BCUT2D eigenvalue weighted by Gasteiger charge is -2.36. The van der Waals surface area contributed by atoms with Gasteiger partial charge in [0.1, 0.15) is 17.1 Å². The molecule has 5 nitrogen and oxygen atoms in total. The van der Waals surface area contributed by atoms with Crippen molar-refractivity contribution in [3.63, 3.8) is 0 Å². The van der Waals surface area contributed by atoms with Gasteiger partial charge in [-0.2, -0.15) is 0 Å². The molecule has 0 bridgehead atoms. The van der Waals surface area contributed by atoms with Crippen molar-refractivity contribution in [3.8, 4) is 5.75 Å². The van der Waals surface area contributed by atoms with Crippen LogP contribution in [0.25, 0.3) is 10.9 Å². The topological polar surface area (TPSA) is 54.5 Å². The van der Waals surface area contributed by atoms with Crippen LogP contribution in [0.5, 0.6) is 5.75 Å². The van der Waals surface area contributed by atoms with Crippen molar-refractivity contribution < 1.29 is 9.53 Å². The van der Waals surface area contributed by atoms with Gasteiger partial charge in [-0.15, -0.1) is 0 Å². The zero-order valence-electron chi connectivity index (χ0n) is 17.7. The second-order valence-corrected chi connectivity index (χ2v) is 7.95. The number of hydrogen-bond donors (Lipinski definition) is 1. The van der Waals surface area contributed by atoms with E-state index in [4.69, 9.17) is 9.72 Å². The minimum atomic E-state index is -0.184. The van der Waals surface area contributed by atoms with Crippen molar-refractivity contribution >= 4 is 28.3 Å². The fourth-order valence-electron chi connectivity index (χ4n) is 4.18. The molecule has 1 saturated heterocycles. The first-order valence-corrected chi connectivity index (χ1v) is 10.8. The molecule has 1 fully saturated rings. The molecule has 1 amide bonds. The highest BCUT2D eigenvalue weighted by Gasteiger charge is 2.22. The Balaban J connectivity index is 1.51. The first kappa shape index (κ1) is 20.2. The number of carbonyl (C=O) groups is 1. The van der Waals surface area contributed by atoms with Gasteiger partial charge < -0.3 is 15.0 Å². The van der Waals surface area contributed by atoms with Crippen molar-refractivity contribution in [3.05, 3.63) is 60.2 Å². The smallest absolute Gasteiger partial charge is 0.262 e. The van der Waals surface area contributed by atoms with Crippen LogP contribution in [0.2, 0.25) is 0 Å². The Hall–Kier alpha value is -3.08. The van der Waals surface area contributed by atoms with Gasteiger partial charge in [0.15, 0.2) is 6.61 Å². The van der Waals surface area contributed by atoms with Crippen LogP contribution in [0.1, 0.15) is 38.2 Å². The quantitative estimate of drug-likeness (QED) is 0.604. The highest BCUT2D eigenvalue weighted by molar-refractivity contribution is 5.92. The lowest BCUT2D eigenvalue weighted by molar-refractivity contribution is -0.118. The maximum atomic E-state index is 12.4. The van der Waals surface area contributed by atoms with Crippen LogP contribution in [0.4, 0.5) is 11.5 Å². The number of hydrogen-bond acceptors (Lipinski definition) is 4. The second-order valence-electron chi connectivity index (χ2n) is 7.95. The molecule has 1 aromatic heterocycles. The number of nitrogens with one attached hydrogen (secondary N) is 1. The third-order valence-corrected chi connectivity index (χ3v) is 5.72. The summed E-state index contributed by atoms with van der Waals surface area (Å²) in [6.07, 6.45) is 4.82. The Morgan fingerprint density at radius 2 is 2.03 bits per heavy atom. The highest BCUT2D eigenvalue weighted by atomic mass is 16.5. The molecule has 3 aromatic rings. The van der Waals surface area contributed by atoms with Crippen LogP contribution >= 0.6 is 0 Å². The Morgan fingerprint density at radius 1 is 1.17 bits per heavy atom. The molecule has 1 atom stereocenters. The molecule has 0 radical (unpaired) electrons. The maximum Gasteiger partial charge on any atom is 0.262 e. The summed E-state index contributed by atoms with van der Waals surface area (Å²) >= 11 is 0. The number of para-hydroxylation sites is 1. The molecular weight excluding hydrogens is 374 g/mol. The van der Waals surface area contributed by atoms with Gasteiger partial charge in [-0.3, -0.25) is 4.79 Å². The third-order valence-electron chi connectivity index (χ3n) is 5.72. The summed E-state index contributed by atoms with van der Waals surface area (Å²) in [5.41, 5.74) is 2.68. The molecule has 1 aliphatic rings. The van der Waals surface area contributed by atoms with Crippen molar-refractivity contribution in [2.75, 3.05) is 23.4 Å². The minimum Gasteiger partial charge on any atom is -0.481 e. The van der Waals surface area contributed by atoms with E-state index < -0.39 is 0 Å². The number of aryl methyl sites for hydroxylation is 1. The number of carbonyl (C=O) groups excluding carboxylic acids is 1. The van der Waals surface area contributed by atoms with E-state index in [1.165, 1.54) is 19.3 Å². The number of nitrogens with zero attached hydrogens (tertiary/aromatic N) is 2. The first-order valence-electron chi connectivity index (χ1n) is 10.8. The van der Waals surface area contributed by atoms with E-state index in [-0.39, 0.29) is 12.5 Å². The first-order chi connectivity index (χ1) is 14.6. The molecule has 1 aliphatic heterocycles. The van der Waals surface area contributed by atoms with Crippen LogP contribution in [0.3, 0.4) is 0 Å². The van der Waals surface area contributed by atoms with Crippen molar-refractivity contribution in [1.29, 1.82) is 0 Å². The summed E-state index contributed by atoms with van der Waals surface area (Å²) in [5.74, 6) is 1.45. The molecule has 2 heterocycles. The van der Waals surface area contributed by atoms with E-state index in [0.717, 1.165) is 40.9 Å². The van der Waals surface area contributed by atoms with E-state index >= 15 is 0 Å². The fourth-order valence-corrected chi connectivity index (χ4v) is 4.18. The van der Waals surface area contributed by atoms with Crippen LogP contribution in [-0.4, -0.2) is 30.1 Å². The predicted molar refractivity (Wildman–Crippen MR) is 122 cm³/mol. The molecular formula is C25H29N3O2. The number of pyridine rings is 1. The van der Waals surface area contributed by atoms with Gasteiger partial charge in [-0.05, 0) is 68.5 Å². The standard InChI is InChI=1S/C25H29N3O2/c1-3-21-11-4-5-15-28(21)23-14-13-19-9-7-12-22(25(19)27-23)30-17-24(29)26-20-10-6-8-18(2)16-20/h6-10,12-14,16,21H,3-5,11,15,17H2,1-2H3,(H,26,29). The van der Waals surface area contributed by atoms with Gasteiger partial charge in [-0.25, -0.2) is 4.98 Å². The average Bonchev–Trinajstić information content (AvgIpc) is 2.77. The predicted octanol–water partition coefficient (Wildman–Crippen LogP) is 5.33. The van der Waals surface area contributed by atoms with Crippen LogP contribution in [-0.2, 0) is 4.79 Å². The van der Waals surface area contributed by atoms with Gasteiger partial charge in [0, 0.05) is 23.7 Å². The van der Waals surface area contributed by atoms with Crippen molar-refractivity contribution in [2.24, 2.45) is 0 Å². The molecule has 0 aliphatic carbocycles. The number of aromatic nitrogens is 1. The van der Waals surface area contributed by atoms with E-state index in [0.29, 0.717) is 11.8 Å².